The smallest absolute Gasteiger partial charge is 0.293 e. The van der Waals surface area contributed by atoms with Gasteiger partial charge in [0, 0.05) is 5.02 Å². The zero-order valence-electron chi connectivity index (χ0n) is 16.5. The molecule has 16 heteroatoms. The second-order valence-corrected chi connectivity index (χ2v) is 10.7. The van der Waals surface area contributed by atoms with Gasteiger partial charge in [-0.15, -0.1) is 10.2 Å². The van der Waals surface area contributed by atoms with Crippen molar-refractivity contribution in [1.82, 2.24) is 9.78 Å². The number of nitrogens with zero attached hydrogens (tertiary/aromatic N) is 3. The fourth-order valence-corrected chi connectivity index (χ4v) is 4.93. The summed E-state index contributed by atoms with van der Waals surface area (Å²) in [5.41, 5.74) is -0.858. The van der Waals surface area contributed by atoms with Crippen LogP contribution in [0.5, 0.6) is 0 Å². The molecule has 2 aromatic carbocycles. The van der Waals surface area contributed by atoms with Gasteiger partial charge in [-0.05, 0) is 43.7 Å². The van der Waals surface area contributed by atoms with E-state index in [-0.39, 0.29) is 32.8 Å². The average Bonchev–Trinajstić information content (AvgIpc) is 2.95. The van der Waals surface area contributed by atoms with E-state index in [9.17, 15) is 30.7 Å². The summed E-state index contributed by atoms with van der Waals surface area (Å²) in [6.07, 6.45) is 0. The number of aryl methyl sites for hydroxylation is 2. The normalized spacial score (nSPS) is 12.6. The lowest BCUT2D eigenvalue weighted by Gasteiger charge is -2.08. The molecule has 33 heavy (non-hydrogen) atoms. The van der Waals surface area contributed by atoms with E-state index in [2.05, 4.69) is 15.3 Å². The van der Waals surface area contributed by atoms with E-state index in [1.165, 1.54) is 13.8 Å². The molecule has 0 aliphatic carbocycles. The highest BCUT2D eigenvalue weighted by molar-refractivity contribution is 7.86. The standard InChI is InChI=1S/C17H13Cl3N4O7S2/c1-7-3-15(33(29,30)31)12(4-9(7)18)21-22-16-8(2)23-24(17(16)25)13-5-11(20)14(6-10(13)19)32(26,27)28/h3-6,23H,1-2H3,(H,26,27,28)(H,29,30,31). The Morgan fingerprint density at radius 2 is 1.45 bits per heavy atom. The van der Waals surface area contributed by atoms with E-state index in [0.29, 0.717) is 5.56 Å². The summed E-state index contributed by atoms with van der Waals surface area (Å²) >= 11 is 18.0. The lowest BCUT2D eigenvalue weighted by molar-refractivity contribution is 0.481. The van der Waals surface area contributed by atoms with E-state index in [1.54, 1.807) is 0 Å². The molecule has 0 saturated heterocycles. The minimum Gasteiger partial charge on any atom is -0.293 e. The molecule has 0 fully saturated rings. The van der Waals surface area contributed by atoms with Crippen molar-refractivity contribution in [3.63, 3.8) is 0 Å². The van der Waals surface area contributed by atoms with Gasteiger partial charge in [0.25, 0.3) is 25.8 Å². The molecule has 1 aromatic heterocycles. The predicted molar refractivity (Wildman–Crippen MR) is 121 cm³/mol. The Hall–Kier alpha value is -2.26. The summed E-state index contributed by atoms with van der Waals surface area (Å²) in [5, 5.41) is 9.72. The van der Waals surface area contributed by atoms with Crippen molar-refractivity contribution in [2.75, 3.05) is 0 Å². The largest absolute Gasteiger partial charge is 0.299 e. The number of halogens is 3. The molecule has 0 amide bonds. The van der Waals surface area contributed by atoms with Crippen LogP contribution in [0, 0.1) is 13.8 Å². The zero-order valence-corrected chi connectivity index (χ0v) is 20.4. The molecule has 11 nitrogen and oxygen atoms in total. The van der Waals surface area contributed by atoms with Gasteiger partial charge in [-0.25, -0.2) is 4.68 Å². The first kappa shape index (κ1) is 25.4. The van der Waals surface area contributed by atoms with Crippen LogP contribution in [-0.4, -0.2) is 35.7 Å². The molecule has 0 unspecified atom stereocenters. The van der Waals surface area contributed by atoms with Crippen molar-refractivity contribution < 1.29 is 25.9 Å². The van der Waals surface area contributed by atoms with E-state index < -0.39 is 40.6 Å². The number of azo groups is 1. The molecule has 1 heterocycles. The Morgan fingerprint density at radius 1 is 0.848 bits per heavy atom. The minimum atomic E-state index is -4.67. The maximum Gasteiger partial charge on any atom is 0.299 e. The van der Waals surface area contributed by atoms with E-state index in [0.717, 1.165) is 28.9 Å². The zero-order chi connectivity index (χ0) is 24.9. The van der Waals surface area contributed by atoms with E-state index >= 15 is 0 Å². The lowest BCUT2D eigenvalue weighted by atomic mass is 10.2. The van der Waals surface area contributed by atoms with Gasteiger partial charge >= 0.3 is 0 Å². The number of H-pyrrole nitrogens is 1. The maximum atomic E-state index is 12.9. The van der Waals surface area contributed by atoms with Gasteiger partial charge in [-0.2, -0.15) is 16.8 Å². The van der Waals surface area contributed by atoms with Crippen LogP contribution in [0.2, 0.25) is 15.1 Å². The van der Waals surface area contributed by atoms with Crippen molar-refractivity contribution in [3.05, 3.63) is 60.9 Å². The molecule has 0 aliphatic rings. The topological polar surface area (TPSA) is 171 Å². The predicted octanol–water partition coefficient (Wildman–Crippen LogP) is 4.65. The average molecular weight is 556 g/mol. The number of hydrogen-bond donors (Lipinski definition) is 3. The van der Waals surface area contributed by atoms with E-state index in [4.69, 9.17) is 34.8 Å². The molecule has 3 rings (SSSR count). The minimum absolute atomic E-state index is 0.0550. The molecule has 3 aromatic rings. The lowest BCUT2D eigenvalue weighted by Crippen LogP contribution is -2.15. The number of benzene rings is 2. The van der Waals surface area contributed by atoms with E-state index in [1.807, 2.05) is 0 Å². The molecule has 0 saturated carbocycles. The number of rotatable bonds is 5. The third kappa shape index (κ3) is 5.14. The van der Waals surface area contributed by atoms with Crippen molar-refractivity contribution in [2.24, 2.45) is 10.2 Å². The highest BCUT2D eigenvalue weighted by atomic mass is 35.5. The fourth-order valence-electron chi connectivity index (χ4n) is 2.75. The van der Waals surface area contributed by atoms with Gasteiger partial charge in [0.1, 0.15) is 15.5 Å². The molecule has 0 spiro atoms. The van der Waals surface area contributed by atoms with Crippen molar-refractivity contribution in [3.8, 4) is 5.69 Å². The summed E-state index contributed by atoms with van der Waals surface area (Å²) < 4.78 is 65.7. The van der Waals surface area contributed by atoms with Crippen LogP contribution in [0.25, 0.3) is 5.69 Å². The summed E-state index contributed by atoms with van der Waals surface area (Å²) in [4.78, 5) is 11.7. The molecule has 0 radical (unpaired) electrons. The van der Waals surface area contributed by atoms with Gasteiger partial charge in [-0.3, -0.25) is 19.0 Å². The van der Waals surface area contributed by atoms with Crippen LogP contribution in [0.3, 0.4) is 0 Å². The Balaban J connectivity index is 2.14. The Morgan fingerprint density at radius 3 is 2.03 bits per heavy atom. The quantitative estimate of drug-likeness (QED) is 0.303. The number of aromatic amines is 1. The first-order chi connectivity index (χ1) is 15.1. The van der Waals surface area contributed by atoms with Crippen LogP contribution in [0.4, 0.5) is 11.4 Å². The van der Waals surface area contributed by atoms with Gasteiger partial charge < -0.3 is 0 Å². The number of hydrogen-bond acceptors (Lipinski definition) is 7. The SMILES string of the molecule is Cc1cc(S(=O)(=O)O)c(N=Nc2c(C)[nH]n(-c3cc(Cl)c(S(=O)(=O)O)cc3Cl)c2=O)cc1Cl. The maximum absolute atomic E-state index is 12.9. The Kier molecular flexibility index (Phi) is 6.79. The molecule has 3 N–H and O–H groups in total. The number of nitrogens with one attached hydrogen (secondary N) is 1. The Bertz CT molecular complexity index is 1590. The summed E-state index contributed by atoms with van der Waals surface area (Å²) in [6.45, 7) is 2.98. The fraction of sp³-hybridized carbons (Fsp3) is 0.118. The molecule has 0 aliphatic heterocycles. The summed E-state index contributed by atoms with van der Waals surface area (Å²) in [5.74, 6) is 0. The van der Waals surface area contributed by atoms with Crippen LogP contribution in [-0.2, 0) is 20.2 Å². The van der Waals surface area contributed by atoms with Gasteiger partial charge in [0.2, 0.25) is 0 Å². The van der Waals surface area contributed by atoms with Gasteiger partial charge in [-0.1, -0.05) is 34.8 Å². The second kappa shape index (κ2) is 8.83. The molecule has 176 valence electrons. The highest BCUT2D eigenvalue weighted by Crippen LogP contribution is 2.33. The number of aromatic nitrogens is 2. The first-order valence-electron chi connectivity index (χ1n) is 8.59. The van der Waals surface area contributed by atoms with Crippen molar-refractivity contribution in [2.45, 2.75) is 23.6 Å². The van der Waals surface area contributed by atoms with Crippen molar-refractivity contribution >= 4 is 66.4 Å². The van der Waals surface area contributed by atoms with Crippen LogP contribution >= 0.6 is 34.8 Å². The monoisotopic (exact) mass is 554 g/mol. The summed E-state index contributed by atoms with van der Waals surface area (Å²) in [6, 6.07) is 4.17. The van der Waals surface area contributed by atoms with Crippen LogP contribution < -0.4 is 5.56 Å². The van der Waals surface area contributed by atoms with Crippen LogP contribution in [0.1, 0.15) is 11.3 Å². The summed E-state index contributed by atoms with van der Waals surface area (Å²) in [7, 11) is -9.32. The third-order valence-corrected chi connectivity index (χ3v) is 7.25. The molecular weight excluding hydrogens is 543 g/mol. The highest BCUT2D eigenvalue weighted by Gasteiger charge is 2.22. The molecule has 0 atom stereocenters. The Labute approximate surface area is 202 Å². The molecule has 0 bridgehead atoms. The molecular formula is C17H13Cl3N4O7S2. The van der Waals surface area contributed by atoms with Crippen LogP contribution in [0.15, 0.2) is 49.1 Å². The van der Waals surface area contributed by atoms with Gasteiger partial charge in [0.15, 0.2) is 5.69 Å². The van der Waals surface area contributed by atoms with Crippen molar-refractivity contribution in [1.29, 1.82) is 0 Å². The first-order valence-corrected chi connectivity index (χ1v) is 12.6. The van der Waals surface area contributed by atoms with Gasteiger partial charge in [0.05, 0.1) is 21.4 Å². The third-order valence-electron chi connectivity index (χ3n) is 4.34. The second-order valence-electron chi connectivity index (χ2n) is 6.68.